The Hall–Kier alpha value is -3.95. The molecule has 0 saturated carbocycles. The molecule has 3 aromatic rings. The van der Waals surface area contributed by atoms with E-state index < -0.39 is 34.7 Å². The average molecular weight is 472 g/mol. The van der Waals surface area contributed by atoms with Gasteiger partial charge in [-0.3, -0.25) is 14.9 Å². The molecule has 1 N–H and O–H groups in total. The monoisotopic (exact) mass is 472 g/mol. The maximum absolute atomic E-state index is 12.8. The summed E-state index contributed by atoms with van der Waals surface area (Å²) in [6, 6.07) is 12.1. The molecule has 0 aliphatic heterocycles. The molecule has 1 heterocycles. The fraction of sp³-hybridized carbons (Fsp3) is 0.250. The molecule has 0 radical (unpaired) electrons. The van der Waals surface area contributed by atoms with E-state index in [0.29, 0.717) is 12.1 Å². The topological polar surface area (TPSA) is 89.5 Å². The number of amides is 1. The number of nitrogens with one attached hydrogen (secondary N) is 1. The van der Waals surface area contributed by atoms with E-state index in [1.54, 1.807) is 0 Å². The van der Waals surface area contributed by atoms with E-state index in [1.165, 1.54) is 11.8 Å². The third kappa shape index (κ3) is 5.51. The number of carbonyl (C=O) groups is 1. The molecule has 0 unspecified atom stereocenters. The van der Waals surface area contributed by atoms with Crippen molar-refractivity contribution in [1.82, 2.24) is 9.99 Å². The molecule has 0 bridgehead atoms. The Morgan fingerprint density at radius 3 is 2.41 bits per heavy atom. The standard InChI is InChI=1S/C24H23F3N4O3/c1-4-17-5-9-21(10-6-17)30-15(2)11-19(16(30)3)14-28-29-23(32)12-18-7-8-20(24(25,26)27)13-22(18)31(33)34/h5-11,13-14H,4,12H2,1-3H3,(H,29,32). The third-order valence-corrected chi connectivity index (χ3v) is 5.43. The molecule has 1 amide bonds. The lowest BCUT2D eigenvalue weighted by molar-refractivity contribution is -0.385. The van der Waals surface area contributed by atoms with Crippen molar-refractivity contribution < 1.29 is 22.9 Å². The number of rotatable bonds is 7. The number of hydrogen-bond acceptors (Lipinski definition) is 4. The van der Waals surface area contributed by atoms with Crippen LogP contribution in [0.4, 0.5) is 18.9 Å². The van der Waals surface area contributed by atoms with Crippen LogP contribution in [-0.4, -0.2) is 21.6 Å². The van der Waals surface area contributed by atoms with Crippen LogP contribution >= 0.6 is 0 Å². The molecule has 7 nitrogen and oxygen atoms in total. The van der Waals surface area contributed by atoms with Crippen LogP contribution in [0.5, 0.6) is 0 Å². The Balaban J connectivity index is 1.73. The zero-order valence-electron chi connectivity index (χ0n) is 18.8. The van der Waals surface area contributed by atoms with Gasteiger partial charge >= 0.3 is 6.18 Å². The largest absolute Gasteiger partial charge is 0.416 e. The summed E-state index contributed by atoms with van der Waals surface area (Å²) in [6.07, 6.45) is -2.82. The molecule has 1 aromatic heterocycles. The zero-order chi connectivity index (χ0) is 25.0. The van der Waals surface area contributed by atoms with Crippen molar-refractivity contribution in [2.75, 3.05) is 0 Å². The molecule has 2 aromatic carbocycles. The van der Waals surface area contributed by atoms with E-state index in [-0.39, 0.29) is 5.56 Å². The highest BCUT2D eigenvalue weighted by molar-refractivity contribution is 5.85. The molecule has 0 fully saturated rings. The summed E-state index contributed by atoms with van der Waals surface area (Å²) >= 11 is 0. The number of aromatic nitrogens is 1. The van der Waals surface area contributed by atoms with Crippen molar-refractivity contribution in [3.63, 3.8) is 0 Å². The number of nitrogens with zero attached hydrogens (tertiary/aromatic N) is 3. The van der Waals surface area contributed by atoms with Gasteiger partial charge in [0, 0.05) is 34.3 Å². The van der Waals surface area contributed by atoms with E-state index in [9.17, 15) is 28.1 Å². The Morgan fingerprint density at radius 2 is 1.82 bits per heavy atom. The van der Waals surface area contributed by atoms with Gasteiger partial charge in [0.05, 0.1) is 23.1 Å². The molecule has 10 heteroatoms. The Bertz CT molecular complexity index is 1250. The SMILES string of the molecule is CCc1ccc(-n2c(C)cc(C=NNC(=O)Cc3ccc(C(F)(F)F)cc3[N+](=O)[O-])c2C)cc1. The van der Waals surface area contributed by atoms with Crippen molar-refractivity contribution in [3.05, 3.63) is 92.3 Å². The second-order valence-corrected chi connectivity index (χ2v) is 7.75. The maximum Gasteiger partial charge on any atom is 0.416 e. The predicted molar refractivity (Wildman–Crippen MR) is 122 cm³/mol. The van der Waals surface area contributed by atoms with Crippen molar-refractivity contribution >= 4 is 17.8 Å². The summed E-state index contributed by atoms with van der Waals surface area (Å²) in [6.45, 7) is 5.94. The molecule has 178 valence electrons. The number of nitro benzene ring substituents is 1. The lowest BCUT2D eigenvalue weighted by Gasteiger charge is -2.10. The van der Waals surface area contributed by atoms with Crippen molar-refractivity contribution in [2.45, 2.75) is 39.8 Å². The van der Waals surface area contributed by atoms with Crippen molar-refractivity contribution in [1.29, 1.82) is 0 Å². The number of carbonyl (C=O) groups excluding carboxylic acids is 1. The molecular weight excluding hydrogens is 449 g/mol. The minimum atomic E-state index is -4.72. The number of nitro groups is 1. The van der Waals surface area contributed by atoms with E-state index >= 15 is 0 Å². The van der Waals surface area contributed by atoms with Crippen LogP contribution in [0, 0.1) is 24.0 Å². The van der Waals surface area contributed by atoms with Crippen LogP contribution in [0.3, 0.4) is 0 Å². The van der Waals surface area contributed by atoms with Gasteiger partial charge in [-0.25, -0.2) is 5.43 Å². The maximum atomic E-state index is 12.8. The van der Waals surface area contributed by atoms with Crippen molar-refractivity contribution in [3.8, 4) is 5.69 Å². The average Bonchev–Trinajstić information content (AvgIpc) is 3.06. The van der Waals surface area contributed by atoms with E-state index in [2.05, 4.69) is 29.6 Å². The first-order valence-electron chi connectivity index (χ1n) is 10.5. The summed E-state index contributed by atoms with van der Waals surface area (Å²) in [7, 11) is 0. The first-order chi connectivity index (χ1) is 16.0. The van der Waals surface area contributed by atoms with Gasteiger partial charge < -0.3 is 4.57 Å². The summed E-state index contributed by atoms with van der Waals surface area (Å²) in [5.41, 5.74) is 5.06. The molecule has 34 heavy (non-hydrogen) atoms. The minimum absolute atomic E-state index is 0.139. The molecule has 0 spiro atoms. The van der Waals surface area contributed by atoms with Crippen LogP contribution < -0.4 is 5.43 Å². The van der Waals surface area contributed by atoms with Crippen LogP contribution in [0.25, 0.3) is 5.69 Å². The highest BCUT2D eigenvalue weighted by atomic mass is 19.4. The van der Waals surface area contributed by atoms with Gasteiger partial charge in [-0.15, -0.1) is 0 Å². The first-order valence-corrected chi connectivity index (χ1v) is 10.5. The zero-order valence-corrected chi connectivity index (χ0v) is 18.8. The minimum Gasteiger partial charge on any atom is -0.318 e. The van der Waals surface area contributed by atoms with Gasteiger partial charge in [0.1, 0.15) is 0 Å². The lowest BCUT2D eigenvalue weighted by atomic mass is 10.1. The normalized spacial score (nSPS) is 11.7. The fourth-order valence-electron chi connectivity index (χ4n) is 3.64. The highest BCUT2D eigenvalue weighted by Gasteiger charge is 2.33. The molecule has 0 aliphatic rings. The third-order valence-electron chi connectivity index (χ3n) is 5.43. The van der Waals surface area contributed by atoms with Gasteiger partial charge in [-0.05, 0) is 50.1 Å². The van der Waals surface area contributed by atoms with Crippen LogP contribution in [-0.2, 0) is 23.8 Å². The molecule has 0 atom stereocenters. The molecule has 0 saturated heterocycles. The number of hydrogen-bond donors (Lipinski definition) is 1. The lowest BCUT2D eigenvalue weighted by Crippen LogP contribution is -2.20. The molecule has 0 aliphatic carbocycles. The Labute approximate surface area is 194 Å². The highest BCUT2D eigenvalue weighted by Crippen LogP contribution is 2.33. The Kier molecular flexibility index (Phi) is 7.19. The van der Waals surface area contributed by atoms with Crippen molar-refractivity contribution in [2.24, 2.45) is 5.10 Å². The number of alkyl halides is 3. The first kappa shape index (κ1) is 24.7. The summed E-state index contributed by atoms with van der Waals surface area (Å²) in [4.78, 5) is 22.5. The van der Waals surface area contributed by atoms with Gasteiger partial charge in [-0.2, -0.15) is 18.3 Å². The second-order valence-electron chi connectivity index (χ2n) is 7.75. The summed E-state index contributed by atoms with van der Waals surface area (Å²) in [5.74, 6) is -0.692. The number of halogens is 3. The predicted octanol–water partition coefficient (Wildman–Crippen LogP) is 5.28. The van der Waals surface area contributed by atoms with Gasteiger partial charge in [0.2, 0.25) is 5.91 Å². The quantitative estimate of drug-likeness (QED) is 0.288. The Morgan fingerprint density at radius 1 is 1.15 bits per heavy atom. The number of hydrazone groups is 1. The van der Waals surface area contributed by atoms with Gasteiger partial charge in [0.25, 0.3) is 5.69 Å². The number of aryl methyl sites for hydroxylation is 2. The van der Waals surface area contributed by atoms with Gasteiger partial charge in [0.15, 0.2) is 0 Å². The summed E-state index contributed by atoms with van der Waals surface area (Å²) in [5, 5.41) is 15.1. The van der Waals surface area contributed by atoms with E-state index in [1.807, 2.05) is 36.6 Å². The van der Waals surface area contributed by atoms with E-state index in [0.717, 1.165) is 35.1 Å². The van der Waals surface area contributed by atoms with Gasteiger partial charge in [-0.1, -0.05) is 25.1 Å². The fourth-order valence-corrected chi connectivity index (χ4v) is 3.64. The smallest absolute Gasteiger partial charge is 0.318 e. The van der Waals surface area contributed by atoms with E-state index in [4.69, 9.17) is 0 Å². The molecular formula is C24H23F3N4O3. The van der Waals surface area contributed by atoms with Crippen LogP contribution in [0.1, 0.15) is 40.6 Å². The molecule has 3 rings (SSSR count). The summed E-state index contributed by atoms with van der Waals surface area (Å²) < 4.78 is 40.6. The van der Waals surface area contributed by atoms with Crippen LogP contribution in [0.15, 0.2) is 53.6 Å². The second kappa shape index (κ2) is 9.90. The number of benzene rings is 2. The van der Waals surface area contributed by atoms with Crippen LogP contribution in [0.2, 0.25) is 0 Å².